The monoisotopic (exact) mass is 366 g/mol. The van der Waals surface area contributed by atoms with Gasteiger partial charge in [0, 0.05) is 0 Å². The number of hydrogen-bond acceptors (Lipinski definition) is 6. The van der Waals surface area contributed by atoms with Crippen molar-refractivity contribution in [2.75, 3.05) is 12.4 Å². The molecule has 0 unspecified atom stereocenters. The van der Waals surface area contributed by atoms with E-state index in [0.717, 1.165) is 18.6 Å². The normalized spacial score (nSPS) is 12.0. The summed E-state index contributed by atoms with van der Waals surface area (Å²) in [6, 6.07) is 7.30. The maximum absolute atomic E-state index is 10.8. The van der Waals surface area contributed by atoms with E-state index in [1.165, 1.54) is 4.68 Å². The third-order valence-electron chi connectivity index (χ3n) is 3.38. The molecule has 8 nitrogen and oxygen atoms in total. The summed E-state index contributed by atoms with van der Waals surface area (Å²) >= 11 is 0. The molecule has 25 heavy (non-hydrogen) atoms. The summed E-state index contributed by atoms with van der Waals surface area (Å²) in [7, 11) is -4.02. The van der Waals surface area contributed by atoms with Gasteiger partial charge >= 0.3 is 0 Å². The van der Waals surface area contributed by atoms with Crippen LogP contribution in [-0.4, -0.2) is 35.1 Å². The zero-order valence-electron chi connectivity index (χ0n) is 14.3. The van der Waals surface area contributed by atoms with E-state index < -0.39 is 15.9 Å². The van der Waals surface area contributed by atoms with Crippen LogP contribution in [0.25, 0.3) is 0 Å². The van der Waals surface area contributed by atoms with Crippen molar-refractivity contribution in [3.05, 3.63) is 36.2 Å². The molecule has 0 saturated heterocycles. The molecule has 0 fully saturated rings. The summed E-state index contributed by atoms with van der Waals surface area (Å²) < 4.78 is 37.3. The topological polar surface area (TPSA) is 106 Å². The van der Waals surface area contributed by atoms with E-state index in [1.54, 1.807) is 13.1 Å². The molecular formula is C16H22N4O4S. The average molecular weight is 366 g/mol. The van der Waals surface area contributed by atoms with E-state index in [2.05, 4.69) is 22.3 Å². The van der Waals surface area contributed by atoms with Crippen molar-refractivity contribution in [3.63, 3.8) is 0 Å². The number of azo groups is 1. The van der Waals surface area contributed by atoms with Crippen LogP contribution >= 0.6 is 0 Å². The molecule has 1 heterocycles. The number of hydrogen-bond donors (Lipinski definition) is 1. The molecule has 136 valence electrons. The van der Waals surface area contributed by atoms with Gasteiger partial charge in [0.15, 0.2) is 0 Å². The van der Waals surface area contributed by atoms with Crippen molar-refractivity contribution in [1.82, 2.24) is 9.78 Å². The number of nitrogens with zero attached hydrogens (tertiary/aromatic N) is 4. The summed E-state index contributed by atoms with van der Waals surface area (Å²) in [5.74, 6) is 0.395. The smallest absolute Gasteiger partial charge is 0.266 e. The fourth-order valence-electron chi connectivity index (χ4n) is 1.98. The molecule has 1 aromatic heterocycles. The fraction of sp³-hybridized carbons (Fsp3) is 0.438. The maximum Gasteiger partial charge on any atom is 0.266 e. The Morgan fingerprint density at radius 1 is 1.24 bits per heavy atom. The van der Waals surface area contributed by atoms with Crippen molar-refractivity contribution in [2.24, 2.45) is 10.2 Å². The van der Waals surface area contributed by atoms with Gasteiger partial charge in [0.05, 0.1) is 36.5 Å². The molecule has 0 saturated carbocycles. The zero-order chi connectivity index (χ0) is 18.3. The van der Waals surface area contributed by atoms with Gasteiger partial charge in [-0.05, 0) is 37.6 Å². The minimum Gasteiger partial charge on any atom is -0.494 e. The van der Waals surface area contributed by atoms with Crippen LogP contribution in [0.5, 0.6) is 5.75 Å². The van der Waals surface area contributed by atoms with Gasteiger partial charge in [0.25, 0.3) is 10.1 Å². The largest absolute Gasteiger partial charge is 0.494 e. The van der Waals surface area contributed by atoms with Gasteiger partial charge < -0.3 is 4.74 Å². The van der Waals surface area contributed by atoms with Crippen LogP contribution in [0.4, 0.5) is 11.4 Å². The Balaban J connectivity index is 1.98. The maximum atomic E-state index is 10.8. The van der Waals surface area contributed by atoms with Crippen molar-refractivity contribution in [2.45, 2.75) is 33.2 Å². The fourth-order valence-corrected chi connectivity index (χ4v) is 2.40. The van der Waals surface area contributed by atoms with Crippen LogP contribution in [0.1, 0.15) is 25.5 Å². The van der Waals surface area contributed by atoms with Gasteiger partial charge in [-0.2, -0.15) is 18.6 Å². The van der Waals surface area contributed by atoms with Gasteiger partial charge in [-0.25, -0.2) is 0 Å². The van der Waals surface area contributed by atoms with Gasteiger partial charge in [-0.3, -0.25) is 9.23 Å². The molecule has 0 aliphatic heterocycles. The number of aromatic nitrogens is 2. The number of aryl methyl sites for hydroxylation is 2. The van der Waals surface area contributed by atoms with Crippen LogP contribution in [0.2, 0.25) is 0 Å². The van der Waals surface area contributed by atoms with E-state index in [0.29, 0.717) is 23.7 Å². The highest BCUT2D eigenvalue weighted by atomic mass is 32.2. The predicted octanol–water partition coefficient (Wildman–Crippen LogP) is 3.67. The van der Waals surface area contributed by atoms with Crippen LogP contribution in [0.15, 0.2) is 40.7 Å². The predicted molar refractivity (Wildman–Crippen MR) is 94.4 cm³/mol. The summed E-state index contributed by atoms with van der Waals surface area (Å²) in [6.07, 6.45) is 3.69. The minimum absolute atomic E-state index is 0.0546. The lowest BCUT2D eigenvalue weighted by Gasteiger charge is -2.04. The van der Waals surface area contributed by atoms with Crippen LogP contribution in [0, 0.1) is 6.92 Å². The molecule has 2 rings (SSSR count). The molecule has 1 aromatic carbocycles. The SMILES string of the molecule is CCCCOc1ccc(N=Nc2cn(CCS(=O)(=O)O)nc2C)cc1. The quantitative estimate of drug-likeness (QED) is 0.414. The minimum atomic E-state index is -4.02. The molecule has 0 aliphatic rings. The van der Waals surface area contributed by atoms with Gasteiger partial charge in [0.1, 0.15) is 11.4 Å². The summed E-state index contributed by atoms with van der Waals surface area (Å²) in [5, 5.41) is 12.4. The third kappa shape index (κ3) is 6.63. The highest BCUT2D eigenvalue weighted by molar-refractivity contribution is 7.85. The first-order valence-electron chi connectivity index (χ1n) is 8.01. The summed E-state index contributed by atoms with van der Waals surface area (Å²) in [6.45, 7) is 4.61. The molecule has 9 heteroatoms. The molecule has 0 atom stereocenters. The standard InChI is InChI=1S/C16H22N4O4S/c1-3-4-10-24-15-7-5-14(6-8-15)17-18-16-12-20(19-13(16)2)9-11-25(21,22)23/h5-8,12H,3-4,9-11H2,1-2H3,(H,21,22,23). The lowest BCUT2D eigenvalue weighted by Crippen LogP contribution is -2.11. The van der Waals surface area contributed by atoms with E-state index in [-0.39, 0.29) is 6.54 Å². The van der Waals surface area contributed by atoms with E-state index in [4.69, 9.17) is 9.29 Å². The number of ether oxygens (including phenoxy) is 1. The molecule has 0 aliphatic carbocycles. The van der Waals surface area contributed by atoms with E-state index in [1.807, 2.05) is 24.3 Å². The van der Waals surface area contributed by atoms with Crippen molar-refractivity contribution in [3.8, 4) is 5.75 Å². The first kappa shape index (κ1) is 19.1. The number of unbranched alkanes of at least 4 members (excludes halogenated alkanes) is 1. The van der Waals surface area contributed by atoms with Crippen molar-refractivity contribution < 1.29 is 17.7 Å². The highest BCUT2D eigenvalue weighted by Crippen LogP contribution is 2.23. The molecule has 0 spiro atoms. The number of rotatable bonds is 9. The lowest BCUT2D eigenvalue weighted by atomic mass is 10.3. The molecule has 1 N–H and O–H groups in total. The third-order valence-corrected chi connectivity index (χ3v) is 4.07. The molecule has 0 amide bonds. The summed E-state index contributed by atoms with van der Waals surface area (Å²) in [4.78, 5) is 0. The van der Waals surface area contributed by atoms with Gasteiger partial charge in [-0.15, -0.1) is 5.11 Å². The van der Waals surface area contributed by atoms with E-state index >= 15 is 0 Å². The van der Waals surface area contributed by atoms with Crippen molar-refractivity contribution in [1.29, 1.82) is 0 Å². The second-order valence-electron chi connectivity index (χ2n) is 5.54. The first-order valence-corrected chi connectivity index (χ1v) is 9.62. The lowest BCUT2D eigenvalue weighted by molar-refractivity contribution is 0.309. The van der Waals surface area contributed by atoms with E-state index in [9.17, 15) is 8.42 Å². The Morgan fingerprint density at radius 2 is 1.96 bits per heavy atom. The Labute approximate surface area is 147 Å². The Morgan fingerprint density at radius 3 is 2.60 bits per heavy atom. The molecule has 0 radical (unpaired) electrons. The average Bonchev–Trinajstić information content (AvgIpc) is 2.92. The highest BCUT2D eigenvalue weighted by Gasteiger charge is 2.08. The van der Waals surface area contributed by atoms with Gasteiger partial charge in [0.2, 0.25) is 0 Å². The Hall–Kier alpha value is -2.26. The first-order chi connectivity index (χ1) is 11.9. The number of benzene rings is 1. The molecule has 0 bridgehead atoms. The molecular weight excluding hydrogens is 344 g/mol. The second-order valence-corrected chi connectivity index (χ2v) is 7.12. The van der Waals surface area contributed by atoms with Crippen LogP contribution in [-0.2, 0) is 16.7 Å². The second kappa shape index (κ2) is 8.72. The Kier molecular flexibility index (Phi) is 6.65. The van der Waals surface area contributed by atoms with Crippen LogP contribution in [0.3, 0.4) is 0 Å². The summed E-state index contributed by atoms with van der Waals surface area (Å²) in [5.41, 5.74) is 1.84. The molecule has 2 aromatic rings. The van der Waals surface area contributed by atoms with Crippen molar-refractivity contribution >= 4 is 21.5 Å². The van der Waals surface area contributed by atoms with Crippen LogP contribution < -0.4 is 4.74 Å². The Bertz CT molecular complexity index is 813. The van der Waals surface area contributed by atoms with Gasteiger partial charge in [-0.1, -0.05) is 13.3 Å². The zero-order valence-corrected chi connectivity index (χ0v) is 15.1.